The van der Waals surface area contributed by atoms with Crippen LogP contribution >= 0.6 is 0 Å². The second kappa shape index (κ2) is 18.5. The van der Waals surface area contributed by atoms with Gasteiger partial charge in [0.2, 0.25) is 29.5 Å². The third kappa shape index (κ3) is 10.3. The molecule has 2 fully saturated rings. The summed E-state index contributed by atoms with van der Waals surface area (Å²) in [4.78, 5) is 68.0. The number of aromatic nitrogens is 2. The fraction of sp³-hybridized carbons (Fsp3) is 0.524. The minimum atomic E-state index is -1.09. The van der Waals surface area contributed by atoms with Crippen LogP contribution in [0.3, 0.4) is 0 Å². The lowest BCUT2D eigenvalue weighted by molar-refractivity contribution is -0.140. The zero-order chi connectivity index (χ0) is 41.6. The summed E-state index contributed by atoms with van der Waals surface area (Å²) in [6.07, 6.45) is 3.91. The summed E-state index contributed by atoms with van der Waals surface area (Å²) >= 11 is 0. The van der Waals surface area contributed by atoms with Crippen LogP contribution in [0, 0.1) is 34.8 Å². The average Bonchev–Trinajstić information content (AvgIpc) is 3.87. The first-order chi connectivity index (χ1) is 27.0. The molecule has 1 saturated heterocycles. The second-order valence-electron chi connectivity index (χ2n) is 16.5. The van der Waals surface area contributed by atoms with Crippen LogP contribution in [0.4, 0.5) is 8.78 Å². The third-order valence-electron chi connectivity index (χ3n) is 11.0. The number of nitrogens with zero attached hydrogens (tertiary/aromatic N) is 4. The van der Waals surface area contributed by atoms with Gasteiger partial charge in [-0.2, -0.15) is 5.10 Å². The Hall–Kier alpha value is -5.02. The number of aliphatic hydroxyl groups excluding tert-OH is 1. The fourth-order valence-electron chi connectivity index (χ4n) is 7.94. The average molecular weight is 792 g/mol. The maximum Gasteiger partial charge on any atom is 0.248 e. The van der Waals surface area contributed by atoms with E-state index in [9.17, 15) is 33.5 Å². The van der Waals surface area contributed by atoms with E-state index < -0.39 is 59.5 Å². The molecule has 15 heteroatoms. The highest BCUT2D eigenvalue weighted by atomic mass is 19.1. The van der Waals surface area contributed by atoms with Crippen molar-refractivity contribution >= 4 is 29.5 Å². The summed E-state index contributed by atoms with van der Waals surface area (Å²) < 4.78 is 30.6. The summed E-state index contributed by atoms with van der Waals surface area (Å²) in [6, 6.07) is 10.2. The summed E-state index contributed by atoms with van der Waals surface area (Å²) in [5.74, 6) is -4.10. The number of nitrogens with two attached hydrogens (primary N) is 1. The van der Waals surface area contributed by atoms with E-state index in [2.05, 4.69) is 10.6 Å². The van der Waals surface area contributed by atoms with Crippen LogP contribution in [-0.2, 0) is 30.4 Å². The molecule has 2 aromatic carbocycles. The van der Waals surface area contributed by atoms with Gasteiger partial charge in [0, 0.05) is 62.3 Å². The zero-order valence-corrected chi connectivity index (χ0v) is 33.3. The molecule has 1 unspecified atom stereocenters. The number of likely N-dealkylation sites (tertiary alicyclic amines) is 1. The van der Waals surface area contributed by atoms with Gasteiger partial charge in [0.05, 0.1) is 23.7 Å². The van der Waals surface area contributed by atoms with Gasteiger partial charge in [0.1, 0.15) is 23.9 Å². The predicted octanol–water partition coefficient (Wildman–Crippen LogP) is 3.80. The Morgan fingerprint density at radius 3 is 2.44 bits per heavy atom. The summed E-state index contributed by atoms with van der Waals surface area (Å²) in [5.41, 5.74) is 7.57. The molecule has 5 amide bonds. The van der Waals surface area contributed by atoms with Gasteiger partial charge < -0.3 is 26.4 Å². The normalized spacial score (nSPS) is 19.5. The van der Waals surface area contributed by atoms with Crippen molar-refractivity contribution in [3.63, 3.8) is 0 Å². The van der Waals surface area contributed by atoms with Crippen LogP contribution in [0.15, 0.2) is 54.7 Å². The van der Waals surface area contributed by atoms with Crippen molar-refractivity contribution in [2.24, 2.45) is 28.9 Å². The van der Waals surface area contributed by atoms with Gasteiger partial charge in [-0.3, -0.25) is 28.9 Å². The lowest BCUT2D eigenvalue weighted by atomic mass is 9.81. The standard InChI is InChI=1S/C42H55F2N7O6/c1-25(2)30-22-35(53)50(41(30)57)19-17-46-39(55)29-12-9-13-33(29)47-40(56)32(45)16-18-49(36(54)24-52)38(42(3,4)5)37-27(20-26-10-7-6-8-11-26)23-51(48-37)34-21-28(43)14-15-31(34)44/h6-8,10-11,14-15,21,23,25,29-30,32-33,38,52H,9,12-13,16-20,22,24,45H2,1-5H3,(H,46,55)(H,47,56)/t29-,30?,32+,33+,38+/m1/s1. The summed E-state index contributed by atoms with van der Waals surface area (Å²) in [5, 5.41) is 20.7. The van der Waals surface area contributed by atoms with E-state index in [1.165, 1.54) is 14.5 Å². The van der Waals surface area contributed by atoms with E-state index in [-0.39, 0.29) is 67.7 Å². The molecular formula is C42H55F2N7O6. The second-order valence-corrected chi connectivity index (χ2v) is 16.5. The lowest BCUT2D eigenvalue weighted by Gasteiger charge is -2.40. The van der Waals surface area contributed by atoms with Crippen molar-refractivity contribution in [2.75, 3.05) is 26.2 Å². The molecule has 5 atom stereocenters. The monoisotopic (exact) mass is 791 g/mol. The number of hydrogen-bond donors (Lipinski definition) is 4. The highest BCUT2D eigenvalue weighted by Gasteiger charge is 2.41. The highest BCUT2D eigenvalue weighted by Crippen LogP contribution is 2.40. The SMILES string of the molecule is CC(C)C1CC(=O)N(CCNC(=O)[C@@H]2CCC[C@@H]2NC(=O)[C@@H](N)CCN(C(=O)CO)[C@@H](c2nn(-c3cc(F)ccc3F)cc2Cc2ccccc2)C(C)(C)C)C1=O. The van der Waals surface area contributed by atoms with Gasteiger partial charge in [0.15, 0.2) is 0 Å². The molecule has 5 rings (SSSR count). The number of aliphatic hydroxyl groups is 1. The number of rotatable bonds is 16. The number of hydrogen-bond acceptors (Lipinski definition) is 8. The molecule has 2 aliphatic rings. The molecule has 1 aliphatic heterocycles. The first kappa shape index (κ1) is 43.1. The van der Waals surface area contributed by atoms with Crippen molar-refractivity contribution < 1.29 is 37.9 Å². The molecule has 1 aliphatic carbocycles. The quantitative estimate of drug-likeness (QED) is 0.158. The number of halogens is 2. The van der Waals surface area contributed by atoms with Crippen molar-refractivity contribution in [1.82, 2.24) is 30.2 Å². The molecule has 0 spiro atoms. The van der Waals surface area contributed by atoms with Gasteiger partial charge in [-0.1, -0.05) is 71.4 Å². The van der Waals surface area contributed by atoms with Crippen LogP contribution < -0.4 is 16.4 Å². The van der Waals surface area contributed by atoms with Gasteiger partial charge in [-0.25, -0.2) is 13.5 Å². The molecule has 5 N–H and O–H groups in total. The molecule has 13 nitrogen and oxygen atoms in total. The maximum atomic E-state index is 15.0. The largest absolute Gasteiger partial charge is 0.387 e. The van der Waals surface area contributed by atoms with Crippen molar-refractivity contribution in [3.05, 3.63) is 83.2 Å². The number of benzene rings is 2. The Labute approximate surface area is 332 Å². The maximum absolute atomic E-state index is 15.0. The van der Waals surface area contributed by atoms with E-state index in [4.69, 9.17) is 10.8 Å². The number of nitrogens with one attached hydrogen (secondary N) is 2. The Kier molecular flexibility index (Phi) is 14.0. The first-order valence-corrected chi connectivity index (χ1v) is 19.7. The van der Waals surface area contributed by atoms with Crippen LogP contribution in [-0.4, -0.2) is 92.5 Å². The molecule has 57 heavy (non-hydrogen) atoms. The van der Waals surface area contributed by atoms with Gasteiger partial charge in [-0.05, 0) is 48.3 Å². The molecule has 308 valence electrons. The van der Waals surface area contributed by atoms with Crippen LogP contribution in [0.1, 0.15) is 89.6 Å². The molecule has 2 heterocycles. The topological polar surface area (TPSA) is 180 Å². The highest BCUT2D eigenvalue weighted by molar-refractivity contribution is 6.03. The molecule has 1 saturated carbocycles. The third-order valence-corrected chi connectivity index (χ3v) is 11.0. The van der Waals surface area contributed by atoms with Gasteiger partial charge in [0.25, 0.3) is 0 Å². The van der Waals surface area contributed by atoms with E-state index in [1.54, 1.807) is 6.20 Å². The van der Waals surface area contributed by atoms with E-state index >= 15 is 4.39 Å². The lowest BCUT2D eigenvalue weighted by Crippen LogP contribution is -2.51. The van der Waals surface area contributed by atoms with Gasteiger partial charge in [-0.15, -0.1) is 0 Å². The minimum Gasteiger partial charge on any atom is -0.387 e. The van der Waals surface area contributed by atoms with Crippen molar-refractivity contribution in [3.8, 4) is 5.69 Å². The van der Waals surface area contributed by atoms with Crippen molar-refractivity contribution in [2.45, 2.75) is 91.3 Å². The van der Waals surface area contributed by atoms with Crippen LogP contribution in [0.5, 0.6) is 0 Å². The number of amides is 5. The molecule has 1 aromatic heterocycles. The van der Waals surface area contributed by atoms with Crippen LogP contribution in [0.25, 0.3) is 5.69 Å². The first-order valence-electron chi connectivity index (χ1n) is 19.7. The summed E-state index contributed by atoms with van der Waals surface area (Å²) in [6.45, 7) is 8.77. The van der Waals surface area contributed by atoms with E-state index in [1.807, 2.05) is 65.0 Å². The fourth-order valence-corrected chi connectivity index (χ4v) is 7.94. The molecule has 3 aromatic rings. The zero-order valence-electron chi connectivity index (χ0n) is 33.3. The number of carbonyl (C=O) groups is 5. The Morgan fingerprint density at radius 2 is 1.79 bits per heavy atom. The van der Waals surface area contributed by atoms with Gasteiger partial charge >= 0.3 is 0 Å². The Bertz CT molecular complexity index is 1930. The van der Waals surface area contributed by atoms with Crippen LogP contribution in [0.2, 0.25) is 0 Å². The Morgan fingerprint density at radius 1 is 1.07 bits per heavy atom. The summed E-state index contributed by atoms with van der Waals surface area (Å²) in [7, 11) is 0. The number of imide groups is 1. The molecular weight excluding hydrogens is 737 g/mol. The molecule has 0 radical (unpaired) electrons. The smallest absolute Gasteiger partial charge is 0.248 e. The Balaban J connectivity index is 1.29. The minimum absolute atomic E-state index is 0.00372. The number of carbonyl (C=O) groups excluding carboxylic acids is 5. The molecule has 0 bridgehead atoms. The van der Waals surface area contributed by atoms with E-state index in [0.29, 0.717) is 36.9 Å². The predicted molar refractivity (Wildman–Crippen MR) is 208 cm³/mol. The van der Waals surface area contributed by atoms with E-state index in [0.717, 1.165) is 23.8 Å². The van der Waals surface area contributed by atoms with Crippen molar-refractivity contribution in [1.29, 1.82) is 0 Å².